The van der Waals surface area contributed by atoms with E-state index >= 15 is 0 Å². The zero-order valence-corrected chi connectivity index (χ0v) is 31.4. The summed E-state index contributed by atoms with van der Waals surface area (Å²) in [6.45, 7) is 5.63. The summed E-state index contributed by atoms with van der Waals surface area (Å²) < 4.78 is 26.3. The molecule has 1 fully saturated rings. The van der Waals surface area contributed by atoms with Gasteiger partial charge in [-0.1, -0.05) is 123 Å². The maximum atomic E-state index is 12.5. The van der Waals surface area contributed by atoms with Gasteiger partial charge in [-0.05, 0) is 31.6 Å². The fraction of sp³-hybridized carbons (Fsp3) is 0.865. The van der Waals surface area contributed by atoms with Crippen LogP contribution in [0.5, 0.6) is 0 Å². The van der Waals surface area contributed by atoms with Crippen molar-refractivity contribution in [3.63, 3.8) is 0 Å². The number of phosphoric acid groups is 1. The molecule has 5 atom stereocenters. The van der Waals surface area contributed by atoms with Crippen molar-refractivity contribution in [3.8, 4) is 0 Å². The highest BCUT2D eigenvalue weighted by Crippen LogP contribution is 2.36. The van der Waals surface area contributed by atoms with Gasteiger partial charge < -0.3 is 29.5 Å². The van der Waals surface area contributed by atoms with Crippen molar-refractivity contribution in [1.29, 1.82) is 0 Å². The molecular weight excluding hydrogens is 651 g/mol. The van der Waals surface area contributed by atoms with Crippen LogP contribution in [0.15, 0.2) is 12.2 Å². The number of rotatable bonds is 30. The molecule has 1 rings (SSSR count). The number of hydrogen-bond acceptors (Lipinski definition) is 9. The number of unbranched alkanes of at least 4 members (excludes halogenated alkanes) is 12. The quantitative estimate of drug-likeness (QED) is 0.0250. The Kier molecular flexibility index (Phi) is 25.1. The summed E-state index contributed by atoms with van der Waals surface area (Å²) in [4.78, 5) is 55.4. The molecule has 0 heterocycles. The number of esters is 2. The summed E-state index contributed by atoms with van der Waals surface area (Å²) in [7, 11) is -4.81. The third-order valence-electron chi connectivity index (χ3n) is 9.11. The minimum atomic E-state index is -4.81. The van der Waals surface area contributed by atoms with Gasteiger partial charge in [-0.2, -0.15) is 0 Å². The van der Waals surface area contributed by atoms with Crippen LogP contribution in [0.3, 0.4) is 0 Å². The molecule has 1 saturated carbocycles. The van der Waals surface area contributed by atoms with E-state index in [9.17, 15) is 29.2 Å². The third-order valence-corrected chi connectivity index (χ3v) is 9.59. The average molecular weight is 719 g/mol. The van der Waals surface area contributed by atoms with Crippen LogP contribution < -0.4 is 0 Å². The largest absolute Gasteiger partial charge is 0.469 e. The molecule has 11 nitrogen and oxygen atoms in total. The molecule has 0 aromatic carbocycles. The molecule has 0 aliphatic heterocycles. The van der Waals surface area contributed by atoms with Crippen LogP contribution in [0.1, 0.15) is 156 Å². The third kappa shape index (κ3) is 24.2. The lowest BCUT2D eigenvalue weighted by atomic mass is 9.88. The smallest absolute Gasteiger partial charge is 0.462 e. The predicted molar refractivity (Wildman–Crippen MR) is 189 cm³/mol. The SMILES string of the molecule is CCCCC[C@H](O)/C=C/[C@H]1[C@H](O)CC(=O)[C@@H]1CCCCCCC(=O)O[C@H](COC(=O)CCCCCCCCCCC(C)C)COP(=O)(O)O. The Morgan fingerprint density at radius 3 is 2.02 bits per heavy atom. The summed E-state index contributed by atoms with van der Waals surface area (Å²) in [5.41, 5.74) is 0. The van der Waals surface area contributed by atoms with Gasteiger partial charge in [-0.15, -0.1) is 0 Å². The van der Waals surface area contributed by atoms with Crippen LogP contribution in [-0.2, 0) is 32.9 Å². The van der Waals surface area contributed by atoms with Gasteiger partial charge in [0, 0.05) is 31.1 Å². The molecule has 12 heteroatoms. The summed E-state index contributed by atoms with van der Waals surface area (Å²) in [6, 6.07) is 0. The van der Waals surface area contributed by atoms with Gasteiger partial charge in [0.15, 0.2) is 6.10 Å². The van der Waals surface area contributed by atoms with Crippen LogP contribution in [0.2, 0.25) is 0 Å². The zero-order chi connectivity index (χ0) is 36.5. The van der Waals surface area contributed by atoms with Crippen LogP contribution in [0.25, 0.3) is 0 Å². The first-order valence-corrected chi connectivity index (χ1v) is 20.5. The number of phosphoric ester groups is 1. The standard InChI is InChI=1S/C37H67O11P/c1-4-5-14-20-30(38)24-25-33-32(34(39)26-35(33)40)21-16-12-13-18-23-37(42)48-31(28-47-49(43,44)45)27-46-36(41)22-17-11-9-7-6-8-10-15-19-29(2)3/h24-25,29-33,35,38,40H,4-23,26-28H2,1-3H3,(H2,43,44,45)/b25-24+/t30-,31+,32+,33+,35+/m0/s1. The second-order valence-electron chi connectivity index (χ2n) is 14.2. The minimum Gasteiger partial charge on any atom is -0.462 e. The lowest BCUT2D eigenvalue weighted by Crippen LogP contribution is -2.29. The Balaban J connectivity index is 2.33. The van der Waals surface area contributed by atoms with Gasteiger partial charge in [0.25, 0.3) is 0 Å². The molecule has 0 aromatic rings. The van der Waals surface area contributed by atoms with Gasteiger partial charge in [0.05, 0.1) is 18.8 Å². The van der Waals surface area contributed by atoms with E-state index in [0.29, 0.717) is 32.1 Å². The number of aliphatic hydroxyl groups excluding tert-OH is 2. The molecule has 1 aliphatic rings. The Hall–Kier alpha value is -1.62. The molecular formula is C37H67O11P. The van der Waals surface area contributed by atoms with Crippen LogP contribution in [0, 0.1) is 17.8 Å². The van der Waals surface area contributed by atoms with Gasteiger partial charge >= 0.3 is 19.8 Å². The Morgan fingerprint density at radius 1 is 0.837 bits per heavy atom. The molecule has 0 radical (unpaired) electrons. The second kappa shape index (κ2) is 27.1. The molecule has 0 saturated heterocycles. The van der Waals surface area contributed by atoms with Gasteiger partial charge in [-0.3, -0.25) is 18.9 Å². The highest BCUT2D eigenvalue weighted by Gasteiger charge is 2.39. The van der Waals surface area contributed by atoms with Crippen LogP contribution >= 0.6 is 7.82 Å². The first kappa shape index (κ1) is 45.4. The number of aliphatic hydroxyl groups is 2. The monoisotopic (exact) mass is 718 g/mol. The van der Waals surface area contributed by atoms with Crippen molar-refractivity contribution in [2.75, 3.05) is 13.2 Å². The van der Waals surface area contributed by atoms with Crippen molar-refractivity contribution >= 4 is 25.5 Å². The van der Waals surface area contributed by atoms with E-state index in [0.717, 1.165) is 57.3 Å². The zero-order valence-electron chi connectivity index (χ0n) is 30.5. The summed E-state index contributed by atoms with van der Waals surface area (Å²) in [5, 5.41) is 20.6. The van der Waals surface area contributed by atoms with Crippen LogP contribution in [-0.4, -0.2) is 69.2 Å². The van der Waals surface area contributed by atoms with E-state index in [-0.39, 0.29) is 43.5 Å². The van der Waals surface area contributed by atoms with E-state index < -0.39 is 44.7 Å². The normalized spacial score (nSPS) is 19.5. The first-order chi connectivity index (χ1) is 23.3. The van der Waals surface area contributed by atoms with Crippen LogP contribution in [0.4, 0.5) is 0 Å². The van der Waals surface area contributed by atoms with E-state index in [2.05, 4.69) is 25.3 Å². The Bertz CT molecular complexity index is 979. The molecule has 49 heavy (non-hydrogen) atoms. The fourth-order valence-electron chi connectivity index (χ4n) is 6.22. The second-order valence-corrected chi connectivity index (χ2v) is 15.4. The number of carbonyl (C=O) groups is 3. The van der Waals surface area contributed by atoms with E-state index in [1.165, 1.54) is 32.1 Å². The molecule has 286 valence electrons. The molecule has 0 bridgehead atoms. The van der Waals surface area contributed by atoms with E-state index in [1.54, 1.807) is 12.2 Å². The van der Waals surface area contributed by atoms with Crippen molar-refractivity contribution in [3.05, 3.63) is 12.2 Å². The topological polar surface area (TPSA) is 177 Å². The number of ether oxygens (including phenoxy) is 2. The molecule has 0 amide bonds. The van der Waals surface area contributed by atoms with Crippen molar-refractivity contribution < 1.29 is 52.9 Å². The Morgan fingerprint density at radius 2 is 1.41 bits per heavy atom. The summed E-state index contributed by atoms with van der Waals surface area (Å²) in [5.74, 6) is -0.842. The van der Waals surface area contributed by atoms with Crippen molar-refractivity contribution in [2.24, 2.45) is 17.8 Å². The van der Waals surface area contributed by atoms with Crippen molar-refractivity contribution in [1.82, 2.24) is 0 Å². The Labute approximate surface area is 295 Å². The summed E-state index contributed by atoms with van der Waals surface area (Å²) >= 11 is 0. The summed E-state index contributed by atoms with van der Waals surface area (Å²) in [6.07, 6.45) is 18.6. The lowest BCUT2D eigenvalue weighted by molar-refractivity contribution is -0.161. The number of hydrogen-bond donors (Lipinski definition) is 4. The fourth-order valence-corrected chi connectivity index (χ4v) is 6.58. The van der Waals surface area contributed by atoms with Crippen molar-refractivity contribution in [2.45, 2.75) is 174 Å². The number of ketones is 1. The van der Waals surface area contributed by atoms with E-state index in [1.807, 2.05) is 0 Å². The van der Waals surface area contributed by atoms with Gasteiger partial charge in [0.2, 0.25) is 0 Å². The van der Waals surface area contributed by atoms with Gasteiger partial charge in [0.1, 0.15) is 12.4 Å². The first-order valence-electron chi connectivity index (χ1n) is 18.9. The molecule has 1 aliphatic carbocycles. The predicted octanol–water partition coefficient (Wildman–Crippen LogP) is 7.51. The number of carbonyl (C=O) groups excluding carboxylic acids is 3. The maximum absolute atomic E-state index is 12.5. The maximum Gasteiger partial charge on any atom is 0.469 e. The van der Waals surface area contributed by atoms with Gasteiger partial charge in [-0.25, -0.2) is 4.57 Å². The number of Topliss-reactive ketones (excluding diaryl/α,β-unsaturated/α-hetero) is 1. The molecule has 4 N–H and O–H groups in total. The van der Waals surface area contributed by atoms with E-state index in [4.69, 9.17) is 19.3 Å². The average Bonchev–Trinajstić information content (AvgIpc) is 3.30. The highest BCUT2D eigenvalue weighted by atomic mass is 31.2. The highest BCUT2D eigenvalue weighted by molar-refractivity contribution is 7.46. The molecule has 0 spiro atoms. The minimum absolute atomic E-state index is 0.0359. The molecule has 0 unspecified atom stereocenters. The lowest BCUT2D eigenvalue weighted by Gasteiger charge is -2.19. The molecule has 0 aromatic heterocycles.